The first-order chi connectivity index (χ1) is 15.9. The van der Waals surface area contributed by atoms with E-state index in [-0.39, 0.29) is 39.9 Å². The molecule has 178 valence electrons. The van der Waals surface area contributed by atoms with E-state index in [1.165, 1.54) is 56.7 Å². The zero-order chi connectivity index (χ0) is 24.5. The number of halogens is 1. The molecule has 0 amide bonds. The van der Waals surface area contributed by atoms with Crippen LogP contribution in [-0.4, -0.2) is 14.2 Å². The average molecular weight is 491 g/mol. The lowest BCUT2D eigenvalue weighted by Crippen LogP contribution is -2.14. The van der Waals surface area contributed by atoms with Crippen molar-refractivity contribution in [1.29, 1.82) is 15.8 Å². The van der Waals surface area contributed by atoms with Gasteiger partial charge in [0, 0.05) is 6.07 Å². The highest BCUT2D eigenvalue weighted by Crippen LogP contribution is 2.30. The van der Waals surface area contributed by atoms with E-state index in [4.69, 9.17) is 31.6 Å². The third-order valence-corrected chi connectivity index (χ3v) is 6.54. The molecule has 0 heterocycles. The Balaban J connectivity index is 2.59. The van der Waals surface area contributed by atoms with Gasteiger partial charge in [-0.05, 0) is 18.6 Å². The van der Waals surface area contributed by atoms with Crippen LogP contribution < -0.4 is 9.50 Å². The summed E-state index contributed by atoms with van der Waals surface area (Å²) < 4.78 is 29.9. The van der Waals surface area contributed by atoms with E-state index < -0.39 is 10.1 Å². The Morgan fingerprint density at radius 3 is 2.09 bits per heavy atom. The van der Waals surface area contributed by atoms with Crippen molar-refractivity contribution in [3.8, 4) is 24.0 Å². The highest BCUT2D eigenvalue weighted by atomic mass is 35.5. The summed E-state index contributed by atoms with van der Waals surface area (Å²) in [6, 6.07) is 9.53. The Kier molecular flexibility index (Phi) is 13.7. The molecule has 0 atom stereocenters. The Labute approximate surface area is 202 Å². The monoisotopic (exact) mass is 490 g/mol. The summed E-state index contributed by atoms with van der Waals surface area (Å²) in [6.07, 6.45) is 10.8. The fourth-order valence-corrected chi connectivity index (χ4v) is 4.41. The van der Waals surface area contributed by atoms with Crippen LogP contribution in [0.15, 0.2) is 29.5 Å². The predicted molar refractivity (Wildman–Crippen MR) is 130 cm³/mol. The van der Waals surface area contributed by atoms with Gasteiger partial charge in [0.2, 0.25) is 0 Å². The Morgan fingerprint density at radius 2 is 1.55 bits per heavy atom. The van der Waals surface area contributed by atoms with Crippen LogP contribution >= 0.6 is 11.6 Å². The third kappa shape index (κ3) is 11.6. The van der Waals surface area contributed by atoms with Crippen molar-refractivity contribution in [1.82, 2.24) is 0 Å². The van der Waals surface area contributed by atoms with E-state index in [0.29, 0.717) is 6.42 Å². The summed E-state index contributed by atoms with van der Waals surface area (Å²) in [5.41, 5.74) is 0.0545. The average Bonchev–Trinajstić information content (AvgIpc) is 2.78. The summed E-state index contributed by atoms with van der Waals surface area (Å²) in [4.78, 5) is 0. The number of hydrogen-bond acceptors (Lipinski definition) is 7. The van der Waals surface area contributed by atoms with Crippen LogP contribution in [0.4, 0.5) is 5.69 Å². The molecule has 7 nitrogen and oxygen atoms in total. The van der Waals surface area contributed by atoms with E-state index in [1.807, 2.05) is 6.07 Å². The van der Waals surface area contributed by atoms with Crippen molar-refractivity contribution in [2.75, 3.05) is 11.1 Å². The minimum absolute atomic E-state index is 0.0563. The predicted octanol–water partition coefficient (Wildman–Crippen LogP) is 6.60. The number of nitriles is 3. The number of hydrogen-bond donors (Lipinski definition) is 1. The molecule has 1 aromatic carbocycles. The van der Waals surface area contributed by atoms with Gasteiger partial charge in [0.05, 0.1) is 34.6 Å². The second kappa shape index (κ2) is 16.0. The normalized spacial score (nSPS) is 10.5. The van der Waals surface area contributed by atoms with Gasteiger partial charge >= 0.3 is 10.1 Å². The van der Waals surface area contributed by atoms with Gasteiger partial charge in [-0.1, -0.05) is 76.3 Å². The molecule has 9 heteroatoms. The van der Waals surface area contributed by atoms with Crippen LogP contribution in [0, 0.1) is 34.0 Å². The second-order valence-electron chi connectivity index (χ2n) is 7.71. The molecule has 1 N–H and O–H groups in total. The molecule has 1 aromatic rings. The molecule has 0 aliphatic carbocycles. The maximum Gasteiger partial charge on any atom is 0.309 e. The van der Waals surface area contributed by atoms with Gasteiger partial charge in [-0.25, -0.2) is 0 Å². The number of nitrogens with one attached hydrogen (secondary N) is 1. The molecule has 0 aromatic heterocycles. The Hall–Kier alpha value is -2.73. The van der Waals surface area contributed by atoms with E-state index in [1.54, 1.807) is 12.1 Å². The lowest BCUT2D eigenvalue weighted by Gasteiger charge is -2.13. The highest BCUT2D eigenvalue weighted by Gasteiger charge is 2.15. The summed E-state index contributed by atoms with van der Waals surface area (Å²) in [5.74, 6) is -0.0256. The third-order valence-electron chi connectivity index (χ3n) is 4.98. The molecular weight excluding hydrogens is 460 g/mol. The first-order valence-corrected chi connectivity index (χ1v) is 13.2. The molecule has 33 heavy (non-hydrogen) atoms. The zero-order valence-corrected chi connectivity index (χ0v) is 20.6. The van der Waals surface area contributed by atoms with Gasteiger partial charge in [0.25, 0.3) is 0 Å². The van der Waals surface area contributed by atoms with E-state index in [0.717, 1.165) is 19.3 Å². The summed E-state index contributed by atoms with van der Waals surface area (Å²) >= 11 is 6.14. The molecule has 0 radical (unpaired) electrons. The highest BCUT2D eigenvalue weighted by molar-refractivity contribution is 7.87. The van der Waals surface area contributed by atoms with Gasteiger partial charge in [0.15, 0.2) is 0 Å². The summed E-state index contributed by atoms with van der Waals surface area (Å²) in [7, 11) is -3.78. The Bertz CT molecular complexity index is 1000. The quantitative estimate of drug-likeness (QED) is 0.157. The number of benzene rings is 1. The van der Waals surface area contributed by atoms with Crippen LogP contribution in [-0.2, 0) is 10.1 Å². The van der Waals surface area contributed by atoms with Crippen LogP contribution in [0.2, 0.25) is 5.02 Å². The van der Waals surface area contributed by atoms with E-state index >= 15 is 0 Å². The van der Waals surface area contributed by atoms with Crippen molar-refractivity contribution in [3.05, 3.63) is 34.5 Å². The molecule has 0 spiro atoms. The van der Waals surface area contributed by atoms with E-state index in [2.05, 4.69) is 12.2 Å². The lowest BCUT2D eigenvalue weighted by molar-refractivity contribution is 0.481. The minimum atomic E-state index is -3.78. The Morgan fingerprint density at radius 1 is 0.970 bits per heavy atom. The minimum Gasteiger partial charge on any atom is -0.382 e. The van der Waals surface area contributed by atoms with Gasteiger partial charge < -0.3 is 9.50 Å². The van der Waals surface area contributed by atoms with Crippen LogP contribution in [0.1, 0.15) is 77.6 Å². The molecular formula is C24H31ClN4O3S. The topological polar surface area (TPSA) is 127 Å². The maximum atomic E-state index is 12.3. The van der Waals surface area contributed by atoms with Crippen molar-refractivity contribution in [2.45, 2.75) is 77.6 Å². The molecule has 0 unspecified atom stereocenters. The van der Waals surface area contributed by atoms with Gasteiger partial charge in [-0.3, -0.25) is 0 Å². The molecule has 0 aliphatic rings. The van der Waals surface area contributed by atoms with Gasteiger partial charge in [-0.15, -0.1) is 0 Å². The standard InChI is InChI=1S/C24H31ClN4O3S/c1-2-3-4-5-6-7-8-9-10-11-16-33(30,31)32-21-12-13-22(25)24(17-21)29-23(14-15-26)20(18-27)19-28/h12-13,17,29H,2-11,14,16H2,1H3. The van der Waals surface area contributed by atoms with E-state index in [9.17, 15) is 8.42 Å². The molecule has 0 fully saturated rings. The van der Waals surface area contributed by atoms with Gasteiger partial charge in [-0.2, -0.15) is 24.2 Å². The first-order valence-electron chi connectivity index (χ1n) is 11.3. The van der Waals surface area contributed by atoms with Gasteiger partial charge in [0.1, 0.15) is 23.5 Å². The smallest absolute Gasteiger partial charge is 0.309 e. The molecule has 0 saturated carbocycles. The largest absolute Gasteiger partial charge is 0.382 e. The summed E-state index contributed by atoms with van der Waals surface area (Å²) in [5, 5.41) is 30.0. The molecule has 0 bridgehead atoms. The van der Waals surface area contributed by atoms with Crippen LogP contribution in [0.5, 0.6) is 5.75 Å². The molecule has 1 rings (SSSR count). The number of anilines is 1. The number of allylic oxidation sites excluding steroid dienone is 2. The van der Waals surface area contributed by atoms with Crippen molar-refractivity contribution in [2.24, 2.45) is 0 Å². The molecule has 0 aliphatic heterocycles. The fraction of sp³-hybridized carbons (Fsp3) is 0.542. The summed E-state index contributed by atoms with van der Waals surface area (Å²) in [6.45, 7) is 2.20. The number of unbranched alkanes of at least 4 members (excludes halogenated alkanes) is 9. The maximum absolute atomic E-state index is 12.3. The van der Waals surface area contributed by atoms with Crippen molar-refractivity contribution in [3.63, 3.8) is 0 Å². The second-order valence-corrected chi connectivity index (χ2v) is 9.80. The molecule has 0 saturated heterocycles. The van der Waals surface area contributed by atoms with Crippen LogP contribution in [0.25, 0.3) is 0 Å². The van der Waals surface area contributed by atoms with Crippen molar-refractivity contribution >= 4 is 27.4 Å². The number of rotatable bonds is 16. The first kappa shape index (κ1) is 28.3. The lowest BCUT2D eigenvalue weighted by atomic mass is 10.1. The van der Waals surface area contributed by atoms with Crippen LogP contribution in [0.3, 0.4) is 0 Å². The zero-order valence-electron chi connectivity index (χ0n) is 19.1. The number of nitrogens with zero attached hydrogens (tertiary/aromatic N) is 3. The fourth-order valence-electron chi connectivity index (χ4n) is 3.20. The van der Waals surface area contributed by atoms with Crippen molar-refractivity contribution < 1.29 is 12.6 Å². The SMILES string of the molecule is CCCCCCCCCCCCS(=O)(=O)Oc1ccc(Cl)c(NC(CC#N)=C(C#N)C#N)c1.